The smallest absolute Gasteiger partial charge is 0.274 e. The average Bonchev–Trinajstić information content (AvgIpc) is 2.86. The number of carbonyl (C=O) groups excluding carboxylic acids is 1. The minimum Gasteiger partial charge on any atom is -0.344 e. The zero-order valence-corrected chi connectivity index (χ0v) is 8.40. The number of rotatable bonds is 3. The van der Waals surface area contributed by atoms with Crippen molar-refractivity contribution in [1.82, 2.24) is 14.5 Å². The number of aromatic amines is 1. The van der Waals surface area contributed by atoms with Gasteiger partial charge in [-0.15, -0.1) is 0 Å². The van der Waals surface area contributed by atoms with E-state index < -0.39 is 0 Å². The maximum absolute atomic E-state index is 11.8. The van der Waals surface area contributed by atoms with Gasteiger partial charge in [-0.1, -0.05) is 0 Å². The van der Waals surface area contributed by atoms with Crippen LogP contribution in [-0.2, 0) is 6.54 Å². The van der Waals surface area contributed by atoms with Crippen molar-refractivity contribution in [3.05, 3.63) is 36.4 Å². The molecular weight excluding hydrogens is 192 g/mol. The van der Waals surface area contributed by atoms with Crippen LogP contribution in [0.2, 0.25) is 0 Å². The summed E-state index contributed by atoms with van der Waals surface area (Å²) in [6, 6.07) is 3.63. The first-order chi connectivity index (χ1) is 7.31. The average molecular weight is 204 g/mol. The molecule has 0 saturated heterocycles. The number of imidazole rings is 1. The Morgan fingerprint density at radius 1 is 1.67 bits per heavy atom. The van der Waals surface area contributed by atoms with Gasteiger partial charge in [0.25, 0.3) is 5.91 Å². The zero-order valence-electron chi connectivity index (χ0n) is 8.40. The van der Waals surface area contributed by atoms with Crippen LogP contribution in [0.3, 0.4) is 0 Å². The molecule has 0 aliphatic rings. The standard InChI is InChI=1S/C10H12N4O/c1-2-14-7-3-4-8(14)9(15)13-10-11-5-6-12-10/h3-7H,2H2,1H3,(H2,11,12,13,15). The Morgan fingerprint density at radius 2 is 2.53 bits per heavy atom. The van der Waals surface area contributed by atoms with Gasteiger partial charge in [0, 0.05) is 25.1 Å². The molecular formula is C10H12N4O. The third-order valence-electron chi connectivity index (χ3n) is 2.13. The summed E-state index contributed by atoms with van der Waals surface area (Å²) in [6.07, 6.45) is 5.13. The van der Waals surface area contributed by atoms with Crippen LogP contribution in [0.1, 0.15) is 17.4 Å². The summed E-state index contributed by atoms with van der Waals surface area (Å²) >= 11 is 0. The molecule has 5 nitrogen and oxygen atoms in total. The van der Waals surface area contributed by atoms with Crippen LogP contribution in [0.4, 0.5) is 5.95 Å². The van der Waals surface area contributed by atoms with Crippen molar-refractivity contribution >= 4 is 11.9 Å². The molecule has 0 atom stereocenters. The van der Waals surface area contributed by atoms with E-state index >= 15 is 0 Å². The molecule has 0 fully saturated rings. The molecule has 2 heterocycles. The van der Waals surface area contributed by atoms with E-state index in [-0.39, 0.29) is 5.91 Å². The van der Waals surface area contributed by atoms with Crippen molar-refractivity contribution < 1.29 is 4.79 Å². The fourth-order valence-corrected chi connectivity index (χ4v) is 1.40. The fourth-order valence-electron chi connectivity index (χ4n) is 1.40. The van der Waals surface area contributed by atoms with Gasteiger partial charge >= 0.3 is 0 Å². The van der Waals surface area contributed by atoms with Crippen molar-refractivity contribution in [3.8, 4) is 0 Å². The molecule has 0 aliphatic carbocycles. The van der Waals surface area contributed by atoms with Gasteiger partial charge in [0.05, 0.1) is 0 Å². The lowest BCUT2D eigenvalue weighted by molar-refractivity contribution is 0.101. The number of amides is 1. The van der Waals surface area contributed by atoms with Crippen molar-refractivity contribution in [2.24, 2.45) is 0 Å². The lowest BCUT2D eigenvalue weighted by atomic mass is 10.4. The minimum atomic E-state index is -0.156. The highest BCUT2D eigenvalue weighted by molar-refractivity contribution is 6.02. The number of H-pyrrole nitrogens is 1. The zero-order chi connectivity index (χ0) is 10.7. The highest BCUT2D eigenvalue weighted by Crippen LogP contribution is 2.05. The third kappa shape index (κ3) is 1.90. The van der Waals surface area contributed by atoms with Crippen molar-refractivity contribution in [3.63, 3.8) is 0 Å². The van der Waals surface area contributed by atoms with Crippen LogP contribution in [0, 0.1) is 0 Å². The summed E-state index contributed by atoms with van der Waals surface area (Å²) in [6.45, 7) is 2.76. The van der Waals surface area contributed by atoms with Gasteiger partial charge in [0.1, 0.15) is 5.69 Å². The Morgan fingerprint density at radius 3 is 3.20 bits per heavy atom. The second-order valence-electron chi connectivity index (χ2n) is 3.07. The molecule has 15 heavy (non-hydrogen) atoms. The number of nitrogens with zero attached hydrogens (tertiary/aromatic N) is 2. The SMILES string of the molecule is CCn1cccc1C(=O)Nc1ncc[nH]1. The summed E-state index contributed by atoms with van der Waals surface area (Å²) in [5.41, 5.74) is 0.633. The maximum Gasteiger partial charge on any atom is 0.274 e. The van der Waals surface area contributed by atoms with Crippen LogP contribution in [0.15, 0.2) is 30.7 Å². The second-order valence-corrected chi connectivity index (χ2v) is 3.07. The molecule has 0 unspecified atom stereocenters. The molecule has 1 amide bonds. The number of aromatic nitrogens is 3. The molecule has 0 aromatic carbocycles. The van der Waals surface area contributed by atoms with E-state index in [0.29, 0.717) is 11.6 Å². The molecule has 2 rings (SSSR count). The van der Waals surface area contributed by atoms with E-state index in [0.717, 1.165) is 6.54 Å². The van der Waals surface area contributed by atoms with Gasteiger partial charge in [0.2, 0.25) is 5.95 Å². The Balaban J connectivity index is 2.15. The van der Waals surface area contributed by atoms with Crippen molar-refractivity contribution in [2.45, 2.75) is 13.5 Å². The van der Waals surface area contributed by atoms with E-state index in [1.807, 2.05) is 23.8 Å². The van der Waals surface area contributed by atoms with Crippen LogP contribution in [0.5, 0.6) is 0 Å². The van der Waals surface area contributed by atoms with Crippen LogP contribution >= 0.6 is 0 Å². The number of anilines is 1. The molecule has 5 heteroatoms. The quantitative estimate of drug-likeness (QED) is 0.795. The van der Waals surface area contributed by atoms with E-state index in [1.54, 1.807) is 18.5 Å². The lowest BCUT2D eigenvalue weighted by Crippen LogP contribution is -2.17. The van der Waals surface area contributed by atoms with Crippen molar-refractivity contribution in [2.75, 3.05) is 5.32 Å². The molecule has 78 valence electrons. The monoisotopic (exact) mass is 204 g/mol. The summed E-state index contributed by atoms with van der Waals surface area (Å²) < 4.78 is 1.87. The lowest BCUT2D eigenvalue weighted by Gasteiger charge is -2.05. The fraction of sp³-hybridized carbons (Fsp3) is 0.200. The first-order valence-corrected chi connectivity index (χ1v) is 4.77. The van der Waals surface area contributed by atoms with Crippen LogP contribution in [0.25, 0.3) is 0 Å². The Labute approximate surface area is 87.1 Å². The maximum atomic E-state index is 11.8. The molecule has 0 bridgehead atoms. The number of nitrogens with one attached hydrogen (secondary N) is 2. The van der Waals surface area contributed by atoms with Crippen molar-refractivity contribution in [1.29, 1.82) is 0 Å². The Bertz CT molecular complexity index is 444. The summed E-state index contributed by atoms with van der Waals surface area (Å²) in [5, 5.41) is 2.67. The number of hydrogen-bond acceptors (Lipinski definition) is 2. The number of aryl methyl sites for hydroxylation is 1. The molecule has 2 N–H and O–H groups in total. The van der Waals surface area contributed by atoms with Gasteiger partial charge in [-0.05, 0) is 19.1 Å². The van der Waals surface area contributed by atoms with Gasteiger partial charge < -0.3 is 9.55 Å². The van der Waals surface area contributed by atoms with E-state index in [1.165, 1.54) is 0 Å². The van der Waals surface area contributed by atoms with Crippen LogP contribution in [-0.4, -0.2) is 20.4 Å². The minimum absolute atomic E-state index is 0.156. The van der Waals surface area contributed by atoms with Gasteiger partial charge in [-0.2, -0.15) is 0 Å². The normalized spacial score (nSPS) is 10.2. The Kier molecular flexibility index (Phi) is 2.53. The molecule has 0 spiro atoms. The molecule has 2 aromatic rings. The number of hydrogen-bond donors (Lipinski definition) is 2. The Hall–Kier alpha value is -2.04. The highest BCUT2D eigenvalue weighted by atomic mass is 16.2. The highest BCUT2D eigenvalue weighted by Gasteiger charge is 2.10. The largest absolute Gasteiger partial charge is 0.344 e. The van der Waals surface area contributed by atoms with E-state index in [4.69, 9.17) is 0 Å². The van der Waals surface area contributed by atoms with Gasteiger partial charge in [0.15, 0.2) is 0 Å². The second kappa shape index (κ2) is 4.00. The van der Waals surface area contributed by atoms with Gasteiger partial charge in [-0.3, -0.25) is 10.1 Å². The molecule has 2 aromatic heterocycles. The van der Waals surface area contributed by atoms with Gasteiger partial charge in [-0.25, -0.2) is 4.98 Å². The summed E-state index contributed by atoms with van der Waals surface area (Å²) in [5.74, 6) is 0.306. The predicted molar refractivity (Wildman–Crippen MR) is 56.6 cm³/mol. The molecule has 0 saturated carbocycles. The summed E-state index contributed by atoms with van der Waals surface area (Å²) in [4.78, 5) is 18.5. The summed E-state index contributed by atoms with van der Waals surface area (Å²) in [7, 11) is 0. The van der Waals surface area contributed by atoms with E-state index in [2.05, 4.69) is 15.3 Å². The molecule has 0 radical (unpaired) electrons. The van der Waals surface area contributed by atoms with E-state index in [9.17, 15) is 4.79 Å². The third-order valence-corrected chi connectivity index (χ3v) is 2.13. The number of carbonyl (C=O) groups is 1. The predicted octanol–water partition coefficient (Wildman–Crippen LogP) is 1.48. The molecule has 0 aliphatic heterocycles. The first kappa shape index (κ1) is 9.51. The van der Waals surface area contributed by atoms with Crippen LogP contribution < -0.4 is 5.32 Å². The first-order valence-electron chi connectivity index (χ1n) is 4.77. The topological polar surface area (TPSA) is 62.7 Å².